The molecule has 2 aliphatic rings. The first-order chi connectivity index (χ1) is 17.2. The summed E-state index contributed by atoms with van der Waals surface area (Å²) < 4.78 is 9.55. The van der Waals surface area contributed by atoms with Crippen molar-refractivity contribution >= 4 is 11.7 Å². The molecule has 0 bridgehead atoms. The third kappa shape index (κ3) is 3.80. The predicted molar refractivity (Wildman–Crippen MR) is 127 cm³/mol. The van der Waals surface area contributed by atoms with Gasteiger partial charge in [0.15, 0.2) is 6.23 Å². The highest BCUT2D eigenvalue weighted by Gasteiger charge is 2.45. The Kier molecular flexibility index (Phi) is 5.37. The molecule has 1 aliphatic heterocycles. The molecule has 1 saturated carbocycles. The van der Waals surface area contributed by atoms with Crippen LogP contribution in [0.4, 0.5) is 0 Å². The first-order valence-electron chi connectivity index (χ1n) is 11.9. The highest BCUT2D eigenvalue weighted by Crippen LogP contribution is 2.45. The zero-order valence-electron chi connectivity index (χ0n) is 19.5. The minimum Gasteiger partial charge on any atom is -0.355 e. The zero-order valence-corrected chi connectivity index (χ0v) is 19.5. The van der Waals surface area contributed by atoms with E-state index in [0.29, 0.717) is 23.7 Å². The second-order valence-corrected chi connectivity index (χ2v) is 9.32. The van der Waals surface area contributed by atoms with Crippen molar-refractivity contribution in [1.82, 2.24) is 39.4 Å². The maximum absolute atomic E-state index is 9.47. The van der Waals surface area contributed by atoms with Gasteiger partial charge in [0, 0.05) is 31.6 Å². The third-order valence-electron chi connectivity index (χ3n) is 6.97. The molecule has 1 aliphatic carbocycles. The van der Waals surface area contributed by atoms with Crippen molar-refractivity contribution < 1.29 is 4.74 Å². The number of rotatable bonds is 6. The van der Waals surface area contributed by atoms with Crippen molar-refractivity contribution in [1.29, 1.82) is 5.26 Å². The van der Waals surface area contributed by atoms with Crippen molar-refractivity contribution in [2.24, 2.45) is 10.9 Å². The molecular weight excluding hydrogens is 444 g/mol. The van der Waals surface area contributed by atoms with Crippen LogP contribution in [0.15, 0.2) is 42.0 Å². The van der Waals surface area contributed by atoms with Gasteiger partial charge < -0.3 is 9.73 Å². The second kappa shape index (κ2) is 8.70. The third-order valence-corrected chi connectivity index (χ3v) is 6.97. The minimum atomic E-state index is -0.310. The molecule has 0 aromatic carbocycles. The highest BCUT2D eigenvalue weighted by molar-refractivity contribution is 5.77. The van der Waals surface area contributed by atoms with E-state index in [1.807, 2.05) is 35.6 Å². The smallest absolute Gasteiger partial charge is 0.169 e. The van der Waals surface area contributed by atoms with Crippen LogP contribution in [0.1, 0.15) is 44.8 Å². The average Bonchev–Trinajstić information content (AvgIpc) is 3.63. The second-order valence-electron chi connectivity index (χ2n) is 9.32. The van der Waals surface area contributed by atoms with Crippen LogP contribution in [0.25, 0.3) is 28.2 Å². The van der Waals surface area contributed by atoms with Gasteiger partial charge in [-0.15, -0.1) is 5.10 Å². The van der Waals surface area contributed by atoms with E-state index in [0.717, 1.165) is 55.5 Å². The standard InChI is InChI=1S/C24H26N10O/c1-26-12-17-10-24(11-17,6-7-25)33-15-18(13-28-33)23-21-5-8-27-32(21)16-20(30-23)19-14-29-34(31-19)22-4-2-3-9-35-22/h5,8,12-17,22H,2-4,6,9-11H2,1H3/b26-12-/t17-,22?,24-. The van der Waals surface area contributed by atoms with E-state index < -0.39 is 0 Å². The molecule has 1 atom stereocenters. The molecule has 5 heterocycles. The van der Waals surface area contributed by atoms with Crippen LogP contribution < -0.4 is 0 Å². The fourth-order valence-corrected chi connectivity index (χ4v) is 5.20. The van der Waals surface area contributed by atoms with Crippen molar-refractivity contribution in [3.05, 3.63) is 37.1 Å². The van der Waals surface area contributed by atoms with E-state index in [2.05, 4.69) is 31.5 Å². The molecule has 11 heteroatoms. The zero-order chi connectivity index (χ0) is 23.8. The summed E-state index contributed by atoms with van der Waals surface area (Å²) in [7, 11) is 1.78. The molecule has 11 nitrogen and oxygen atoms in total. The number of fused-ring (bicyclic) bond motifs is 1. The first-order valence-corrected chi connectivity index (χ1v) is 11.9. The average molecular weight is 471 g/mol. The predicted octanol–water partition coefficient (Wildman–Crippen LogP) is 3.27. The molecule has 2 fully saturated rings. The summed E-state index contributed by atoms with van der Waals surface area (Å²) in [5, 5.41) is 27.7. The van der Waals surface area contributed by atoms with E-state index in [4.69, 9.17) is 9.72 Å². The Labute approximate surface area is 202 Å². The van der Waals surface area contributed by atoms with Gasteiger partial charge in [-0.3, -0.25) is 4.68 Å². The van der Waals surface area contributed by atoms with Crippen molar-refractivity contribution in [2.75, 3.05) is 13.7 Å². The van der Waals surface area contributed by atoms with Crippen LogP contribution in [0.2, 0.25) is 0 Å². The Hall–Kier alpha value is -3.91. The molecule has 6 rings (SSSR count). The summed E-state index contributed by atoms with van der Waals surface area (Å²) in [4.78, 5) is 10.7. The van der Waals surface area contributed by atoms with Gasteiger partial charge in [0.1, 0.15) is 11.4 Å². The summed E-state index contributed by atoms with van der Waals surface area (Å²) in [6.07, 6.45) is 16.1. The summed E-state index contributed by atoms with van der Waals surface area (Å²) in [5.74, 6) is 0.375. The Bertz CT molecular complexity index is 1410. The number of hydrogen-bond donors (Lipinski definition) is 0. The lowest BCUT2D eigenvalue weighted by molar-refractivity contribution is -0.0479. The van der Waals surface area contributed by atoms with Crippen LogP contribution >= 0.6 is 0 Å². The van der Waals surface area contributed by atoms with E-state index in [-0.39, 0.29) is 11.8 Å². The summed E-state index contributed by atoms with van der Waals surface area (Å²) >= 11 is 0. The topological polar surface area (TPSA) is 124 Å². The van der Waals surface area contributed by atoms with Crippen molar-refractivity contribution in [3.8, 4) is 28.7 Å². The first kappa shape index (κ1) is 21.6. The normalized spacial score (nSPS) is 24.6. The fourth-order valence-electron chi connectivity index (χ4n) is 5.20. The molecule has 0 radical (unpaired) electrons. The largest absolute Gasteiger partial charge is 0.355 e. The highest BCUT2D eigenvalue weighted by atomic mass is 16.5. The van der Waals surface area contributed by atoms with Gasteiger partial charge in [-0.2, -0.15) is 25.4 Å². The van der Waals surface area contributed by atoms with Gasteiger partial charge in [-0.1, -0.05) is 0 Å². The van der Waals surface area contributed by atoms with Crippen LogP contribution in [0, 0.1) is 17.2 Å². The number of aliphatic imine (C=N–C) groups is 1. The van der Waals surface area contributed by atoms with Gasteiger partial charge >= 0.3 is 0 Å². The van der Waals surface area contributed by atoms with E-state index in [9.17, 15) is 5.26 Å². The number of ether oxygens (including phenoxy) is 1. The lowest BCUT2D eigenvalue weighted by Crippen LogP contribution is -2.47. The maximum Gasteiger partial charge on any atom is 0.169 e. The quantitative estimate of drug-likeness (QED) is 0.396. The summed E-state index contributed by atoms with van der Waals surface area (Å²) in [6.45, 7) is 0.729. The maximum atomic E-state index is 9.47. The molecule has 1 saturated heterocycles. The Morgan fingerprint density at radius 3 is 2.91 bits per heavy atom. The Morgan fingerprint density at radius 1 is 1.20 bits per heavy atom. The molecule has 0 amide bonds. The van der Waals surface area contributed by atoms with Crippen LogP contribution in [-0.2, 0) is 10.3 Å². The van der Waals surface area contributed by atoms with Crippen molar-refractivity contribution in [2.45, 2.75) is 50.3 Å². The molecule has 0 N–H and O–H groups in total. The lowest BCUT2D eigenvalue weighted by Gasteiger charge is -2.45. The van der Waals surface area contributed by atoms with Crippen LogP contribution in [0.3, 0.4) is 0 Å². The molecular formula is C24H26N10O. The lowest BCUT2D eigenvalue weighted by atomic mass is 9.67. The van der Waals surface area contributed by atoms with Gasteiger partial charge in [0.25, 0.3) is 0 Å². The molecule has 4 aromatic heterocycles. The molecule has 0 spiro atoms. The van der Waals surface area contributed by atoms with Crippen LogP contribution in [-0.4, -0.2) is 59.2 Å². The van der Waals surface area contributed by atoms with Gasteiger partial charge in [-0.05, 0) is 44.1 Å². The van der Waals surface area contributed by atoms with Crippen LogP contribution in [0.5, 0.6) is 0 Å². The number of aromatic nitrogens is 8. The SMILES string of the molecule is C/N=C\[C@H]1C[C@](CC#N)(n2cc(-c3nc(-c4cnn(C5CCCCO5)n4)cn4nccc34)cn2)C1. The Balaban J connectivity index is 1.35. The number of nitriles is 1. The monoisotopic (exact) mass is 470 g/mol. The molecule has 1 unspecified atom stereocenters. The minimum absolute atomic E-state index is 0.135. The van der Waals surface area contributed by atoms with E-state index >= 15 is 0 Å². The molecule has 4 aromatic rings. The number of nitrogens with zero attached hydrogens (tertiary/aromatic N) is 10. The van der Waals surface area contributed by atoms with Gasteiger partial charge in [0.05, 0.1) is 54.0 Å². The fraction of sp³-hybridized carbons (Fsp3) is 0.458. The summed E-state index contributed by atoms with van der Waals surface area (Å²) in [6, 6.07) is 4.27. The number of hydrogen-bond acceptors (Lipinski definition) is 8. The van der Waals surface area contributed by atoms with E-state index in [1.54, 1.807) is 28.8 Å². The van der Waals surface area contributed by atoms with E-state index in [1.165, 1.54) is 0 Å². The van der Waals surface area contributed by atoms with Gasteiger partial charge in [-0.25, -0.2) is 9.50 Å². The summed E-state index contributed by atoms with van der Waals surface area (Å²) in [5.41, 5.74) is 3.51. The molecule has 178 valence electrons. The molecule has 35 heavy (non-hydrogen) atoms. The Morgan fingerprint density at radius 2 is 2.11 bits per heavy atom. The van der Waals surface area contributed by atoms with Crippen molar-refractivity contribution in [3.63, 3.8) is 0 Å². The van der Waals surface area contributed by atoms with Gasteiger partial charge in [0.2, 0.25) is 0 Å².